The van der Waals surface area contributed by atoms with Gasteiger partial charge < -0.3 is 4.74 Å². The summed E-state index contributed by atoms with van der Waals surface area (Å²) >= 11 is 12.0. The Morgan fingerprint density at radius 2 is 1.32 bits per heavy atom. The Morgan fingerprint density at radius 3 is 1.85 bits per heavy atom. The van der Waals surface area contributed by atoms with Gasteiger partial charge in [0.15, 0.2) is 6.10 Å². The van der Waals surface area contributed by atoms with E-state index >= 15 is 0 Å². The first-order valence-corrected chi connectivity index (χ1v) is 12.4. The van der Waals surface area contributed by atoms with Crippen molar-refractivity contribution in [2.45, 2.75) is 6.10 Å². The Hall–Kier alpha value is -4.86. The molecule has 0 saturated heterocycles. The first-order valence-electron chi connectivity index (χ1n) is 11.7. The number of amides is 2. The van der Waals surface area contributed by atoms with Crippen LogP contribution in [0, 0.1) is 10.1 Å². The lowest BCUT2D eigenvalue weighted by Crippen LogP contribution is -2.29. The first kappa shape index (κ1) is 26.7. The van der Waals surface area contributed by atoms with E-state index in [2.05, 4.69) is 0 Å². The largest absolute Gasteiger partial charge is 0.445 e. The number of carbonyl (C=O) groups excluding carboxylic acids is 4. The fourth-order valence-electron chi connectivity index (χ4n) is 4.19. The molecule has 1 aliphatic heterocycles. The number of nitrogens with zero attached hydrogens (tertiary/aromatic N) is 2. The van der Waals surface area contributed by atoms with Gasteiger partial charge in [0.1, 0.15) is 0 Å². The molecule has 0 fully saturated rings. The number of rotatable bonds is 7. The van der Waals surface area contributed by atoms with Crippen molar-refractivity contribution in [1.29, 1.82) is 0 Å². The fourth-order valence-corrected chi connectivity index (χ4v) is 4.51. The molecule has 40 heavy (non-hydrogen) atoms. The van der Waals surface area contributed by atoms with Gasteiger partial charge >= 0.3 is 5.97 Å². The highest BCUT2D eigenvalue weighted by Gasteiger charge is 2.37. The van der Waals surface area contributed by atoms with Gasteiger partial charge in [-0.3, -0.25) is 24.5 Å². The summed E-state index contributed by atoms with van der Waals surface area (Å²) in [6.45, 7) is 0. The standard InChI is InChI=1S/C29H16Cl2N2O7/c30-23-14-21-22(15-24(23)31)28(36)32(27(21)35)19-10-8-18(9-11-19)29(37)40-26(25(34)16-4-2-1-3-5-16)17-6-12-20(13-7-17)33(38)39/h1-15,26H/t26-/m1/s1. The van der Waals surface area contributed by atoms with Crippen molar-refractivity contribution in [3.63, 3.8) is 0 Å². The lowest BCUT2D eigenvalue weighted by Gasteiger charge is -2.18. The lowest BCUT2D eigenvalue weighted by molar-refractivity contribution is -0.384. The monoisotopic (exact) mass is 574 g/mol. The molecule has 1 aliphatic rings. The Balaban J connectivity index is 1.40. The SMILES string of the molecule is O=C(O[C@@H](C(=O)c1ccccc1)c1ccc([N+](=O)[O-])cc1)c1ccc(N2C(=O)c3cc(Cl)c(Cl)cc3C2=O)cc1. The quantitative estimate of drug-likeness (QED) is 0.0812. The highest BCUT2D eigenvalue weighted by atomic mass is 35.5. The average Bonchev–Trinajstić information content (AvgIpc) is 3.20. The molecule has 0 N–H and O–H groups in total. The summed E-state index contributed by atoms with van der Waals surface area (Å²) in [6, 6.07) is 21.4. The highest BCUT2D eigenvalue weighted by molar-refractivity contribution is 6.44. The molecule has 11 heteroatoms. The van der Waals surface area contributed by atoms with Crippen LogP contribution in [-0.4, -0.2) is 28.5 Å². The van der Waals surface area contributed by atoms with Crippen molar-refractivity contribution in [3.05, 3.63) is 139 Å². The van der Waals surface area contributed by atoms with Gasteiger partial charge in [0.05, 0.1) is 37.3 Å². The van der Waals surface area contributed by atoms with Crippen LogP contribution in [0.2, 0.25) is 10.0 Å². The molecule has 0 unspecified atom stereocenters. The number of nitro groups is 1. The minimum Gasteiger partial charge on any atom is -0.445 e. The van der Waals surface area contributed by atoms with Crippen LogP contribution in [0.3, 0.4) is 0 Å². The van der Waals surface area contributed by atoms with Crippen molar-refractivity contribution in [3.8, 4) is 0 Å². The summed E-state index contributed by atoms with van der Waals surface area (Å²) in [6.07, 6.45) is -1.39. The number of anilines is 1. The highest BCUT2D eigenvalue weighted by Crippen LogP contribution is 2.34. The second-order valence-corrected chi connectivity index (χ2v) is 9.48. The predicted octanol–water partition coefficient (Wildman–Crippen LogP) is 6.48. The number of ketones is 1. The van der Waals surface area contributed by atoms with E-state index in [4.69, 9.17) is 27.9 Å². The normalized spacial score (nSPS) is 13.1. The summed E-state index contributed by atoms with van der Waals surface area (Å²) in [5, 5.41) is 11.3. The smallest absolute Gasteiger partial charge is 0.339 e. The van der Waals surface area contributed by atoms with Gasteiger partial charge in [0, 0.05) is 23.3 Å². The van der Waals surface area contributed by atoms with Crippen LogP contribution < -0.4 is 4.90 Å². The second-order valence-electron chi connectivity index (χ2n) is 8.67. The van der Waals surface area contributed by atoms with Crippen molar-refractivity contribution in [1.82, 2.24) is 0 Å². The van der Waals surface area contributed by atoms with E-state index in [0.717, 1.165) is 4.90 Å². The van der Waals surface area contributed by atoms with E-state index in [1.54, 1.807) is 30.3 Å². The van der Waals surface area contributed by atoms with E-state index in [1.165, 1.54) is 60.7 Å². The van der Waals surface area contributed by atoms with Gasteiger partial charge in [-0.05, 0) is 48.5 Å². The van der Waals surface area contributed by atoms with Crippen molar-refractivity contribution >= 4 is 58.1 Å². The third-order valence-electron chi connectivity index (χ3n) is 6.22. The molecule has 0 spiro atoms. The Labute approximate surface area is 236 Å². The summed E-state index contributed by atoms with van der Waals surface area (Å²) in [5.41, 5.74) is 0.782. The number of non-ortho nitro benzene ring substituents is 1. The van der Waals surface area contributed by atoms with Crippen LogP contribution in [0.1, 0.15) is 53.1 Å². The maximum atomic E-state index is 13.3. The van der Waals surface area contributed by atoms with E-state index in [-0.39, 0.29) is 49.2 Å². The number of fused-ring (bicyclic) bond motifs is 1. The zero-order chi connectivity index (χ0) is 28.6. The number of Topliss-reactive ketones (excluding diaryl/α,β-unsaturated/α-hetero) is 1. The third kappa shape index (κ3) is 4.95. The van der Waals surface area contributed by atoms with Crippen LogP contribution in [0.5, 0.6) is 0 Å². The number of halogens is 2. The number of benzene rings is 4. The first-order chi connectivity index (χ1) is 19.2. The molecule has 5 rings (SSSR count). The summed E-state index contributed by atoms with van der Waals surface area (Å²) < 4.78 is 5.59. The summed E-state index contributed by atoms with van der Waals surface area (Å²) in [5.74, 6) is -2.58. The van der Waals surface area contributed by atoms with E-state index in [1.807, 2.05) is 0 Å². The summed E-state index contributed by atoms with van der Waals surface area (Å²) in [7, 11) is 0. The number of hydrogen-bond donors (Lipinski definition) is 0. The number of ether oxygens (including phenoxy) is 1. The number of esters is 1. The van der Waals surface area contributed by atoms with Gasteiger partial charge in [-0.1, -0.05) is 53.5 Å². The molecule has 0 bridgehead atoms. The molecule has 4 aromatic carbocycles. The Morgan fingerprint density at radius 1 is 0.775 bits per heavy atom. The van der Waals surface area contributed by atoms with Gasteiger partial charge in [-0.15, -0.1) is 0 Å². The fraction of sp³-hybridized carbons (Fsp3) is 0.0345. The second kappa shape index (κ2) is 10.7. The van der Waals surface area contributed by atoms with E-state index < -0.39 is 34.6 Å². The maximum Gasteiger partial charge on any atom is 0.339 e. The molecular weight excluding hydrogens is 559 g/mol. The van der Waals surface area contributed by atoms with Gasteiger partial charge in [-0.2, -0.15) is 0 Å². The van der Waals surface area contributed by atoms with E-state index in [9.17, 15) is 29.3 Å². The van der Waals surface area contributed by atoms with Gasteiger partial charge in [0.2, 0.25) is 5.78 Å². The molecule has 0 aliphatic carbocycles. The molecule has 4 aromatic rings. The van der Waals surface area contributed by atoms with Gasteiger partial charge in [-0.25, -0.2) is 9.69 Å². The molecule has 198 valence electrons. The number of imide groups is 1. The minimum atomic E-state index is -1.39. The molecule has 1 atom stereocenters. The van der Waals surface area contributed by atoms with Crippen LogP contribution in [-0.2, 0) is 4.74 Å². The van der Waals surface area contributed by atoms with Gasteiger partial charge in [0.25, 0.3) is 17.5 Å². The number of hydrogen-bond acceptors (Lipinski definition) is 7. The Kier molecular flexibility index (Phi) is 7.17. The van der Waals surface area contributed by atoms with Crippen LogP contribution in [0.25, 0.3) is 0 Å². The van der Waals surface area contributed by atoms with Crippen molar-refractivity contribution in [2.24, 2.45) is 0 Å². The molecule has 0 saturated carbocycles. The zero-order valence-corrected chi connectivity index (χ0v) is 21.8. The third-order valence-corrected chi connectivity index (χ3v) is 6.94. The lowest BCUT2D eigenvalue weighted by atomic mass is 9.99. The minimum absolute atomic E-state index is 0.0409. The number of carbonyl (C=O) groups is 4. The number of nitro benzene ring substituents is 1. The van der Waals surface area contributed by atoms with Crippen LogP contribution in [0.4, 0.5) is 11.4 Å². The molecular formula is C29H16Cl2N2O7. The van der Waals surface area contributed by atoms with Crippen LogP contribution >= 0.6 is 23.2 Å². The maximum absolute atomic E-state index is 13.3. The molecule has 2 amide bonds. The van der Waals surface area contributed by atoms with Crippen molar-refractivity contribution in [2.75, 3.05) is 4.90 Å². The molecule has 0 aromatic heterocycles. The van der Waals surface area contributed by atoms with E-state index in [0.29, 0.717) is 0 Å². The molecule has 1 heterocycles. The predicted molar refractivity (Wildman–Crippen MR) is 146 cm³/mol. The average molecular weight is 575 g/mol. The molecule has 0 radical (unpaired) electrons. The zero-order valence-electron chi connectivity index (χ0n) is 20.2. The van der Waals surface area contributed by atoms with Crippen molar-refractivity contribution < 1.29 is 28.8 Å². The summed E-state index contributed by atoms with van der Waals surface area (Å²) in [4.78, 5) is 63.6. The topological polar surface area (TPSA) is 124 Å². The molecule has 9 nitrogen and oxygen atoms in total. The Bertz CT molecular complexity index is 1650. The van der Waals surface area contributed by atoms with Crippen LogP contribution in [0.15, 0.2) is 91.0 Å².